The summed E-state index contributed by atoms with van der Waals surface area (Å²) in [7, 11) is 1.67. The van der Waals surface area contributed by atoms with Crippen LogP contribution in [-0.4, -0.2) is 7.11 Å². The monoisotopic (exact) mass is 446 g/mol. The first-order valence-electron chi connectivity index (χ1n) is 5.77. The van der Waals surface area contributed by atoms with Crippen LogP contribution in [0.2, 0.25) is 0 Å². The Kier molecular flexibility index (Phi) is 5.09. The molecule has 0 amide bonds. The Labute approximate surface area is 138 Å². The molecule has 19 heavy (non-hydrogen) atoms. The highest BCUT2D eigenvalue weighted by Crippen LogP contribution is 2.39. The van der Waals surface area contributed by atoms with Gasteiger partial charge in [0.25, 0.3) is 0 Å². The maximum Gasteiger partial charge on any atom is 0.120 e. The second kappa shape index (κ2) is 6.42. The van der Waals surface area contributed by atoms with E-state index in [0.717, 1.165) is 14.7 Å². The van der Waals surface area contributed by atoms with Gasteiger partial charge in [-0.05, 0) is 41.8 Å². The number of halogens is 3. The van der Waals surface area contributed by atoms with Gasteiger partial charge in [-0.1, -0.05) is 66.0 Å². The third-order valence-corrected chi connectivity index (χ3v) is 5.60. The summed E-state index contributed by atoms with van der Waals surface area (Å²) < 4.78 is 7.38. The number of hydrogen-bond acceptors (Lipinski definition) is 1. The van der Waals surface area contributed by atoms with Gasteiger partial charge in [-0.3, -0.25) is 0 Å². The van der Waals surface area contributed by atoms with Crippen LogP contribution in [0.4, 0.5) is 0 Å². The average molecular weight is 449 g/mol. The van der Waals surface area contributed by atoms with Gasteiger partial charge >= 0.3 is 0 Å². The minimum atomic E-state index is 0.144. The van der Waals surface area contributed by atoms with Crippen LogP contribution in [0.3, 0.4) is 0 Å². The minimum absolute atomic E-state index is 0.144. The van der Waals surface area contributed by atoms with E-state index in [2.05, 4.69) is 79.0 Å². The zero-order chi connectivity index (χ0) is 14.0. The first kappa shape index (κ1) is 15.1. The second-order valence-electron chi connectivity index (χ2n) is 4.20. The molecule has 0 saturated heterocycles. The van der Waals surface area contributed by atoms with Gasteiger partial charge < -0.3 is 4.74 Å². The molecule has 0 aliphatic heterocycles. The normalized spacial score (nSPS) is 12.3. The fourth-order valence-corrected chi connectivity index (χ4v) is 4.08. The number of benzene rings is 2. The lowest BCUT2D eigenvalue weighted by Crippen LogP contribution is -1.98. The van der Waals surface area contributed by atoms with Crippen molar-refractivity contribution in [1.82, 2.24) is 0 Å². The fraction of sp³-hybridized carbons (Fsp3) is 0.200. The molecule has 1 unspecified atom stereocenters. The zero-order valence-corrected chi connectivity index (χ0v) is 15.3. The first-order valence-corrected chi connectivity index (χ1v) is 8.27. The van der Waals surface area contributed by atoms with E-state index < -0.39 is 0 Å². The van der Waals surface area contributed by atoms with Crippen molar-refractivity contribution >= 4 is 47.8 Å². The van der Waals surface area contributed by atoms with Crippen LogP contribution < -0.4 is 4.74 Å². The first-order chi connectivity index (χ1) is 9.04. The van der Waals surface area contributed by atoms with E-state index in [1.807, 2.05) is 12.1 Å². The molecule has 0 radical (unpaired) electrons. The van der Waals surface area contributed by atoms with Crippen LogP contribution in [0.25, 0.3) is 0 Å². The van der Waals surface area contributed by atoms with Gasteiger partial charge in [-0.15, -0.1) is 0 Å². The van der Waals surface area contributed by atoms with Crippen molar-refractivity contribution in [3.8, 4) is 5.75 Å². The molecular weight excluding hydrogens is 436 g/mol. The van der Waals surface area contributed by atoms with Crippen molar-refractivity contribution < 1.29 is 4.74 Å². The van der Waals surface area contributed by atoms with Crippen molar-refractivity contribution in [2.75, 3.05) is 7.11 Å². The van der Waals surface area contributed by atoms with E-state index in [0.29, 0.717) is 0 Å². The molecule has 1 nitrogen and oxygen atoms in total. The van der Waals surface area contributed by atoms with Crippen LogP contribution in [0.1, 0.15) is 21.5 Å². The molecule has 2 rings (SSSR count). The van der Waals surface area contributed by atoms with Gasteiger partial charge in [0.15, 0.2) is 0 Å². The summed E-state index contributed by atoms with van der Waals surface area (Å²) in [4.78, 5) is 0.144. The molecule has 0 N–H and O–H groups in total. The van der Waals surface area contributed by atoms with Gasteiger partial charge in [0, 0.05) is 8.95 Å². The topological polar surface area (TPSA) is 9.23 Å². The Morgan fingerprint density at radius 2 is 1.74 bits per heavy atom. The Bertz CT molecular complexity index is 596. The number of hydrogen-bond donors (Lipinski definition) is 0. The minimum Gasteiger partial charge on any atom is -0.497 e. The molecular formula is C15H13Br3O. The maximum absolute atomic E-state index is 5.23. The molecule has 4 heteroatoms. The van der Waals surface area contributed by atoms with Crippen LogP contribution >= 0.6 is 47.8 Å². The number of alkyl halides is 1. The maximum atomic E-state index is 5.23. The van der Waals surface area contributed by atoms with Crippen LogP contribution in [-0.2, 0) is 0 Å². The van der Waals surface area contributed by atoms with Gasteiger partial charge in [-0.2, -0.15) is 0 Å². The summed E-state index contributed by atoms with van der Waals surface area (Å²) >= 11 is 11.0. The zero-order valence-electron chi connectivity index (χ0n) is 10.6. The smallest absolute Gasteiger partial charge is 0.120 e. The van der Waals surface area contributed by atoms with Crippen molar-refractivity contribution in [3.05, 3.63) is 62.0 Å². The Balaban J connectivity index is 2.44. The predicted octanol–water partition coefficient (Wildman–Crippen LogP) is 6.01. The molecule has 1 atom stereocenters. The Morgan fingerprint density at radius 3 is 2.37 bits per heavy atom. The Hall–Kier alpha value is -0.320. The third kappa shape index (κ3) is 3.23. The summed E-state index contributed by atoms with van der Waals surface area (Å²) in [5.74, 6) is 0.848. The number of ether oxygens (including phenoxy) is 1. The molecule has 0 spiro atoms. The van der Waals surface area contributed by atoms with Crippen LogP contribution in [0.5, 0.6) is 5.75 Å². The number of rotatable bonds is 3. The molecule has 0 saturated carbocycles. The molecule has 100 valence electrons. The molecule has 0 aliphatic rings. The van der Waals surface area contributed by atoms with E-state index in [4.69, 9.17) is 4.74 Å². The summed E-state index contributed by atoms with van der Waals surface area (Å²) in [6, 6.07) is 12.3. The fourth-order valence-electron chi connectivity index (χ4n) is 1.91. The van der Waals surface area contributed by atoms with Crippen LogP contribution in [0.15, 0.2) is 45.3 Å². The highest BCUT2D eigenvalue weighted by atomic mass is 79.9. The summed E-state index contributed by atoms with van der Waals surface area (Å²) in [5.41, 5.74) is 3.68. The molecule has 2 aromatic carbocycles. The largest absolute Gasteiger partial charge is 0.497 e. The number of methoxy groups -OCH3 is 1. The summed E-state index contributed by atoms with van der Waals surface area (Å²) in [6.45, 7) is 2.12. The molecule has 2 aromatic rings. The molecule has 0 heterocycles. The highest BCUT2D eigenvalue weighted by Gasteiger charge is 2.16. The van der Waals surface area contributed by atoms with E-state index in [1.165, 1.54) is 16.7 Å². The molecule has 0 aliphatic carbocycles. The van der Waals surface area contributed by atoms with E-state index in [9.17, 15) is 0 Å². The van der Waals surface area contributed by atoms with Gasteiger partial charge in [0.1, 0.15) is 5.75 Å². The standard InChI is InChI=1S/C15H13Br3O/c1-9-11(4-3-5-13(9)16)15(18)12-7-6-10(19-2)8-14(12)17/h3-8,15H,1-2H3. The SMILES string of the molecule is COc1ccc(C(Br)c2cccc(Br)c2C)c(Br)c1. The second-order valence-corrected chi connectivity index (χ2v) is 6.83. The molecule has 0 aromatic heterocycles. The van der Waals surface area contributed by atoms with Crippen molar-refractivity contribution in [3.63, 3.8) is 0 Å². The van der Waals surface area contributed by atoms with Gasteiger partial charge in [0.2, 0.25) is 0 Å². The predicted molar refractivity (Wildman–Crippen MR) is 90.3 cm³/mol. The van der Waals surface area contributed by atoms with Crippen molar-refractivity contribution in [1.29, 1.82) is 0 Å². The summed E-state index contributed by atoms with van der Waals surface area (Å²) in [5, 5.41) is 0. The van der Waals surface area contributed by atoms with E-state index >= 15 is 0 Å². The quantitative estimate of drug-likeness (QED) is 0.522. The lowest BCUT2D eigenvalue weighted by Gasteiger charge is -2.16. The lowest BCUT2D eigenvalue weighted by molar-refractivity contribution is 0.414. The van der Waals surface area contributed by atoms with Crippen molar-refractivity contribution in [2.24, 2.45) is 0 Å². The molecule has 0 fully saturated rings. The lowest BCUT2D eigenvalue weighted by atomic mass is 10.0. The third-order valence-electron chi connectivity index (χ3n) is 3.06. The summed E-state index contributed by atoms with van der Waals surface area (Å²) in [6.07, 6.45) is 0. The van der Waals surface area contributed by atoms with E-state index in [1.54, 1.807) is 7.11 Å². The Morgan fingerprint density at radius 1 is 1.00 bits per heavy atom. The molecule has 0 bridgehead atoms. The van der Waals surface area contributed by atoms with Crippen LogP contribution in [0, 0.1) is 6.92 Å². The highest BCUT2D eigenvalue weighted by molar-refractivity contribution is 9.11. The van der Waals surface area contributed by atoms with Gasteiger partial charge in [-0.25, -0.2) is 0 Å². The van der Waals surface area contributed by atoms with Gasteiger partial charge in [0.05, 0.1) is 11.9 Å². The van der Waals surface area contributed by atoms with E-state index in [-0.39, 0.29) is 4.83 Å². The van der Waals surface area contributed by atoms with Crippen molar-refractivity contribution in [2.45, 2.75) is 11.8 Å². The average Bonchev–Trinajstić information content (AvgIpc) is 2.41.